The molecule has 1 unspecified atom stereocenters. The number of benzene rings is 1. The van der Waals surface area contributed by atoms with Crippen LogP contribution in [-0.2, 0) is 4.74 Å². The van der Waals surface area contributed by atoms with E-state index in [-0.39, 0.29) is 6.10 Å². The molecule has 0 amide bonds. The van der Waals surface area contributed by atoms with Crippen LogP contribution in [-0.4, -0.2) is 13.7 Å². The molecule has 0 aliphatic rings. The van der Waals surface area contributed by atoms with E-state index in [0.29, 0.717) is 0 Å². The fourth-order valence-corrected chi connectivity index (χ4v) is 1.48. The fourth-order valence-electron chi connectivity index (χ4n) is 1.08. The maximum atomic E-state index is 5.31. The van der Waals surface area contributed by atoms with Crippen molar-refractivity contribution in [2.45, 2.75) is 6.10 Å². The van der Waals surface area contributed by atoms with Crippen molar-refractivity contribution >= 4 is 22.9 Å². The highest BCUT2D eigenvalue weighted by Gasteiger charge is 2.07. The van der Waals surface area contributed by atoms with Gasteiger partial charge >= 0.3 is 0 Å². The third kappa shape index (κ3) is 2.73. The van der Waals surface area contributed by atoms with Crippen molar-refractivity contribution < 1.29 is 4.74 Å². The highest BCUT2D eigenvalue weighted by Crippen LogP contribution is 2.14. The van der Waals surface area contributed by atoms with Crippen LogP contribution < -0.4 is 3.53 Å². The summed E-state index contributed by atoms with van der Waals surface area (Å²) in [4.78, 5) is 0. The molecule has 1 aromatic carbocycles. The Labute approximate surface area is 86.8 Å². The predicted molar refractivity (Wildman–Crippen MR) is 58.2 cm³/mol. The Morgan fingerprint density at radius 2 is 2.08 bits per heavy atom. The lowest BCUT2D eigenvalue weighted by atomic mass is 10.1. The molecule has 1 N–H and O–H groups in total. The lowest BCUT2D eigenvalue weighted by molar-refractivity contribution is 0.109. The summed E-state index contributed by atoms with van der Waals surface area (Å²) in [5.41, 5.74) is 1.21. The lowest BCUT2D eigenvalue weighted by Crippen LogP contribution is -2.14. The molecule has 0 aromatic heterocycles. The number of halogens is 1. The van der Waals surface area contributed by atoms with E-state index in [1.165, 1.54) is 5.56 Å². The van der Waals surface area contributed by atoms with Gasteiger partial charge in [0.1, 0.15) is 0 Å². The zero-order valence-electron chi connectivity index (χ0n) is 6.96. The van der Waals surface area contributed by atoms with Gasteiger partial charge in [0.15, 0.2) is 0 Å². The van der Waals surface area contributed by atoms with E-state index in [4.69, 9.17) is 4.74 Å². The highest BCUT2D eigenvalue weighted by molar-refractivity contribution is 14.1. The summed E-state index contributed by atoms with van der Waals surface area (Å²) in [7, 11) is 1.73. The number of rotatable bonds is 4. The molecule has 1 aromatic rings. The van der Waals surface area contributed by atoms with Crippen LogP contribution in [0.15, 0.2) is 30.3 Å². The standard InChI is InChI=1S/C9H12INO/c1-12-9(7-11-10)8-5-3-2-4-6-8/h2-6,9,11H,7H2,1H3. The normalized spacial score (nSPS) is 12.8. The van der Waals surface area contributed by atoms with Crippen molar-refractivity contribution in [3.8, 4) is 0 Å². The van der Waals surface area contributed by atoms with Crippen LogP contribution in [0, 0.1) is 0 Å². The Hall–Kier alpha value is -0.130. The number of hydrogen-bond donors (Lipinski definition) is 1. The Morgan fingerprint density at radius 3 is 2.58 bits per heavy atom. The van der Waals surface area contributed by atoms with Gasteiger partial charge in [0, 0.05) is 36.5 Å². The summed E-state index contributed by atoms with van der Waals surface area (Å²) in [5, 5.41) is 0. The Morgan fingerprint density at radius 1 is 1.42 bits per heavy atom. The second-order valence-electron chi connectivity index (χ2n) is 2.47. The first kappa shape index (κ1) is 9.95. The van der Waals surface area contributed by atoms with Gasteiger partial charge < -0.3 is 4.74 Å². The molecule has 1 atom stereocenters. The van der Waals surface area contributed by atoms with E-state index in [1.807, 2.05) is 18.2 Å². The third-order valence-corrected chi connectivity index (χ3v) is 2.16. The molecule has 0 heterocycles. The van der Waals surface area contributed by atoms with Crippen LogP contribution in [0.3, 0.4) is 0 Å². The monoisotopic (exact) mass is 277 g/mol. The van der Waals surface area contributed by atoms with Crippen molar-refractivity contribution in [2.75, 3.05) is 13.7 Å². The van der Waals surface area contributed by atoms with E-state index in [1.54, 1.807) is 7.11 Å². The third-order valence-electron chi connectivity index (χ3n) is 1.72. The number of ether oxygens (including phenoxy) is 1. The van der Waals surface area contributed by atoms with Crippen molar-refractivity contribution in [3.05, 3.63) is 35.9 Å². The molecule has 12 heavy (non-hydrogen) atoms. The second kappa shape index (κ2) is 5.50. The summed E-state index contributed by atoms with van der Waals surface area (Å²) >= 11 is 2.12. The lowest BCUT2D eigenvalue weighted by Gasteiger charge is -2.13. The van der Waals surface area contributed by atoms with Crippen molar-refractivity contribution in [3.63, 3.8) is 0 Å². The summed E-state index contributed by atoms with van der Waals surface area (Å²) < 4.78 is 8.37. The maximum absolute atomic E-state index is 5.31. The average molecular weight is 277 g/mol. The van der Waals surface area contributed by atoms with E-state index in [9.17, 15) is 0 Å². The largest absolute Gasteiger partial charge is 0.375 e. The van der Waals surface area contributed by atoms with Crippen molar-refractivity contribution in [1.82, 2.24) is 3.53 Å². The SMILES string of the molecule is COC(CNI)c1ccccc1. The average Bonchev–Trinajstić information content (AvgIpc) is 2.15. The van der Waals surface area contributed by atoms with Gasteiger partial charge in [0.05, 0.1) is 6.10 Å². The first-order chi connectivity index (χ1) is 5.88. The molecule has 0 spiro atoms. The first-order valence-corrected chi connectivity index (χ1v) is 4.87. The zero-order valence-corrected chi connectivity index (χ0v) is 9.11. The minimum atomic E-state index is 0.156. The molecule has 2 nitrogen and oxygen atoms in total. The summed E-state index contributed by atoms with van der Waals surface area (Å²) in [6.45, 7) is 0.834. The minimum Gasteiger partial charge on any atom is -0.375 e. The fraction of sp³-hybridized carbons (Fsp3) is 0.333. The van der Waals surface area contributed by atoms with E-state index >= 15 is 0 Å². The second-order valence-corrected chi connectivity index (χ2v) is 3.24. The van der Waals surface area contributed by atoms with Crippen LogP contribution in [0.1, 0.15) is 11.7 Å². The van der Waals surface area contributed by atoms with Gasteiger partial charge in [-0.05, 0) is 5.56 Å². The van der Waals surface area contributed by atoms with Crippen LogP contribution in [0.2, 0.25) is 0 Å². The Balaban J connectivity index is 2.66. The molecule has 0 aliphatic heterocycles. The molecular weight excluding hydrogens is 265 g/mol. The van der Waals surface area contributed by atoms with Crippen molar-refractivity contribution in [1.29, 1.82) is 0 Å². The first-order valence-electron chi connectivity index (χ1n) is 3.79. The van der Waals surface area contributed by atoms with Gasteiger partial charge in [-0.25, -0.2) is 0 Å². The highest BCUT2D eigenvalue weighted by atomic mass is 127. The van der Waals surface area contributed by atoms with Crippen LogP contribution in [0.5, 0.6) is 0 Å². The topological polar surface area (TPSA) is 21.3 Å². The molecule has 0 saturated heterocycles. The molecule has 66 valence electrons. The minimum absolute atomic E-state index is 0.156. The van der Waals surface area contributed by atoms with Gasteiger partial charge in [-0.15, -0.1) is 0 Å². The quantitative estimate of drug-likeness (QED) is 0.673. The van der Waals surface area contributed by atoms with Crippen LogP contribution >= 0.6 is 22.9 Å². The molecular formula is C9H12INO. The number of hydrogen-bond acceptors (Lipinski definition) is 2. The zero-order chi connectivity index (χ0) is 8.81. The van der Waals surface area contributed by atoms with Gasteiger partial charge in [0.2, 0.25) is 0 Å². The van der Waals surface area contributed by atoms with Gasteiger partial charge in [-0.3, -0.25) is 3.53 Å². The number of nitrogens with one attached hydrogen (secondary N) is 1. The predicted octanol–water partition coefficient (Wildman–Crippen LogP) is 2.31. The van der Waals surface area contributed by atoms with E-state index in [0.717, 1.165) is 6.54 Å². The molecule has 0 saturated carbocycles. The van der Waals surface area contributed by atoms with Crippen LogP contribution in [0.25, 0.3) is 0 Å². The van der Waals surface area contributed by atoms with Crippen molar-refractivity contribution in [2.24, 2.45) is 0 Å². The molecule has 0 bridgehead atoms. The molecule has 0 aliphatic carbocycles. The van der Waals surface area contributed by atoms with Gasteiger partial charge in [-0.2, -0.15) is 0 Å². The molecule has 0 fully saturated rings. The van der Waals surface area contributed by atoms with Gasteiger partial charge in [0.25, 0.3) is 0 Å². The Kier molecular flexibility index (Phi) is 4.57. The van der Waals surface area contributed by atoms with Crippen LogP contribution in [0.4, 0.5) is 0 Å². The van der Waals surface area contributed by atoms with Gasteiger partial charge in [-0.1, -0.05) is 30.3 Å². The van der Waals surface area contributed by atoms with E-state index in [2.05, 4.69) is 38.5 Å². The smallest absolute Gasteiger partial charge is 0.0953 e. The maximum Gasteiger partial charge on any atom is 0.0953 e. The summed E-state index contributed by atoms with van der Waals surface area (Å²) in [5.74, 6) is 0. The summed E-state index contributed by atoms with van der Waals surface area (Å²) in [6.07, 6.45) is 0.156. The summed E-state index contributed by atoms with van der Waals surface area (Å²) in [6, 6.07) is 10.2. The Bertz CT molecular complexity index is 215. The molecule has 3 heteroatoms. The molecule has 1 rings (SSSR count). The number of methoxy groups -OCH3 is 1. The van der Waals surface area contributed by atoms with E-state index < -0.39 is 0 Å². The molecule has 0 radical (unpaired) electrons.